The number of phenolic OH excluding ortho intramolecular Hbond substituents is 1. The molecule has 1 atom stereocenters. The van der Waals surface area contributed by atoms with Gasteiger partial charge in [-0.05, 0) is 54.0 Å². The fraction of sp³-hybridized carbons (Fsp3) is 0.364. The Morgan fingerprint density at radius 1 is 1.04 bits per heavy atom. The molecule has 2 aromatic rings. The molecule has 0 fully saturated rings. The van der Waals surface area contributed by atoms with Gasteiger partial charge in [-0.25, -0.2) is 0 Å². The van der Waals surface area contributed by atoms with E-state index in [-0.39, 0.29) is 5.75 Å². The lowest BCUT2D eigenvalue weighted by atomic mass is 9.93. The molecule has 0 saturated heterocycles. The van der Waals surface area contributed by atoms with Crippen molar-refractivity contribution in [3.05, 3.63) is 65.2 Å². The maximum absolute atomic E-state index is 9.75. The average molecular weight is 324 g/mol. The van der Waals surface area contributed by atoms with Gasteiger partial charge in [0.05, 0.1) is 6.61 Å². The first-order chi connectivity index (χ1) is 11.5. The Hall–Kier alpha value is -2.22. The first kappa shape index (κ1) is 18.1. The SMILES string of the molecule is CCOc1cc(/C=C\CC(C)c2cccc(C(C)C)c2)ccc1O. The van der Waals surface area contributed by atoms with Crippen molar-refractivity contribution in [2.24, 2.45) is 0 Å². The largest absolute Gasteiger partial charge is 0.504 e. The Morgan fingerprint density at radius 3 is 2.50 bits per heavy atom. The normalized spacial score (nSPS) is 12.7. The molecule has 0 aliphatic heterocycles. The topological polar surface area (TPSA) is 29.5 Å². The fourth-order valence-corrected chi connectivity index (χ4v) is 2.67. The van der Waals surface area contributed by atoms with E-state index in [0.29, 0.717) is 24.2 Å². The van der Waals surface area contributed by atoms with Gasteiger partial charge in [-0.2, -0.15) is 0 Å². The number of hydrogen-bond acceptors (Lipinski definition) is 2. The number of ether oxygens (including phenoxy) is 1. The molecule has 1 N–H and O–H groups in total. The first-order valence-corrected chi connectivity index (χ1v) is 8.73. The molecule has 2 nitrogen and oxygen atoms in total. The van der Waals surface area contributed by atoms with E-state index in [1.165, 1.54) is 11.1 Å². The molecule has 0 aromatic heterocycles. The van der Waals surface area contributed by atoms with Crippen LogP contribution in [0.4, 0.5) is 0 Å². The van der Waals surface area contributed by atoms with Crippen LogP contribution >= 0.6 is 0 Å². The van der Waals surface area contributed by atoms with Gasteiger partial charge in [0.15, 0.2) is 11.5 Å². The summed E-state index contributed by atoms with van der Waals surface area (Å²) in [4.78, 5) is 0. The molecule has 128 valence electrons. The summed E-state index contributed by atoms with van der Waals surface area (Å²) in [5.41, 5.74) is 3.81. The van der Waals surface area contributed by atoms with Crippen LogP contribution in [0.3, 0.4) is 0 Å². The van der Waals surface area contributed by atoms with Crippen LogP contribution in [-0.2, 0) is 0 Å². The van der Waals surface area contributed by atoms with Crippen molar-refractivity contribution >= 4 is 6.08 Å². The summed E-state index contributed by atoms with van der Waals surface area (Å²) in [7, 11) is 0. The summed E-state index contributed by atoms with van der Waals surface area (Å²) in [6, 6.07) is 14.3. The maximum atomic E-state index is 9.75. The van der Waals surface area contributed by atoms with E-state index in [2.05, 4.69) is 57.2 Å². The second kappa shape index (κ2) is 8.58. The third-order valence-electron chi connectivity index (χ3n) is 4.23. The van der Waals surface area contributed by atoms with Crippen LogP contribution in [0, 0.1) is 0 Å². The second-order valence-corrected chi connectivity index (χ2v) is 6.52. The summed E-state index contributed by atoms with van der Waals surface area (Å²) in [6.45, 7) is 9.17. The summed E-state index contributed by atoms with van der Waals surface area (Å²) < 4.78 is 5.43. The zero-order valence-corrected chi connectivity index (χ0v) is 15.1. The Labute approximate surface area is 145 Å². The van der Waals surface area contributed by atoms with Gasteiger partial charge in [-0.3, -0.25) is 0 Å². The van der Waals surface area contributed by atoms with Gasteiger partial charge in [-0.1, -0.05) is 63.3 Å². The van der Waals surface area contributed by atoms with Gasteiger partial charge < -0.3 is 9.84 Å². The van der Waals surface area contributed by atoms with Crippen molar-refractivity contribution < 1.29 is 9.84 Å². The number of rotatable bonds is 7. The van der Waals surface area contributed by atoms with Crippen LogP contribution in [0.1, 0.15) is 62.6 Å². The molecule has 0 heterocycles. The minimum atomic E-state index is 0.188. The monoisotopic (exact) mass is 324 g/mol. The lowest BCUT2D eigenvalue weighted by molar-refractivity contribution is 0.318. The molecule has 0 aliphatic rings. The van der Waals surface area contributed by atoms with E-state index in [1.807, 2.05) is 19.1 Å². The van der Waals surface area contributed by atoms with Gasteiger partial charge in [0.25, 0.3) is 0 Å². The summed E-state index contributed by atoms with van der Waals surface area (Å²) in [6.07, 6.45) is 5.26. The summed E-state index contributed by atoms with van der Waals surface area (Å²) >= 11 is 0. The molecular weight excluding hydrogens is 296 g/mol. The minimum Gasteiger partial charge on any atom is -0.504 e. The Kier molecular flexibility index (Phi) is 6.48. The van der Waals surface area contributed by atoms with E-state index in [4.69, 9.17) is 4.74 Å². The van der Waals surface area contributed by atoms with E-state index >= 15 is 0 Å². The van der Waals surface area contributed by atoms with Crippen LogP contribution in [0.2, 0.25) is 0 Å². The zero-order chi connectivity index (χ0) is 17.5. The number of hydrogen-bond donors (Lipinski definition) is 1. The molecule has 0 aliphatic carbocycles. The number of allylic oxidation sites excluding steroid dienone is 1. The van der Waals surface area contributed by atoms with Crippen LogP contribution < -0.4 is 4.74 Å². The molecule has 0 saturated carbocycles. The van der Waals surface area contributed by atoms with E-state index in [1.54, 1.807) is 6.07 Å². The molecular formula is C22H28O2. The van der Waals surface area contributed by atoms with E-state index in [0.717, 1.165) is 12.0 Å². The highest BCUT2D eigenvalue weighted by Crippen LogP contribution is 2.28. The first-order valence-electron chi connectivity index (χ1n) is 8.73. The lowest BCUT2D eigenvalue weighted by Gasteiger charge is -2.13. The second-order valence-electron chi connectivity index (χ2n) is 6.52. The van der Waals surface area contributed by atoms with Crippen molar-refractivity contribution in [3.63, 3.8) is 0 Å². The number of benzene rings is 2. The predicted octanol–water partition coefficient (Wildman–Crippen LogP) is 6.12. The third-order valence-corrected chi connectivity index (χ3v) is 4.23. The van der Waals surface area contributed by atoms with Crippen molar-refractivity contribution in [1.29, 1.82) is 0 Å². The van der Waals surface area contributed by atoms with Crippen LogP contribution in [0.15, 0.2) is 48.5 Å². The molecule has 0 radical (unpaired) electrons. The van der Waals surface area contributed by atoms with E-state index in [9.17, 15) is 5.11 Å². The van der Waals surface area contributed by atoms with Gasteiger partial charge in [0, 0.05) is 0 Å². The third kappa shape index (κ3) is 4.89. The van der Waals surface area contributed by atoms with Crippen molar-refractivity contribution in [2.75, 3.05) is 6.61 Å². The summed E-state index contributed by atoms with van der Waals surface area (Å²) in [5, 5.41) is 9.75. The predicted molar refractivity (Wildman–Crippen MR) is 102 cm³/mol. The smallest absolute Gasteiger partial charge is 0.161 e. The van der Waals surface area contributed by atoms with Crippen molar-refractivity contribution in [2.45, 2.75) is 46.0 Å². The van der Waals surface area contributed by atoms with Gasteiger partial charge in [-0.15, -0.1) is 0 Å². The zero-order valence-electron chi connectivity index (χ0n) is 15.1. The van der Waals surface area contributed by atoms with Crippen LogP contribution in [0.25, 0.3) is 6.08 Å². The van der Waals surface area contributed by atoms with Crippen LogP contribution in [-0.4, -0.2) is 11.7 Å². The highest BCUT2D eigenvalue weighted by atomic mass is 16.5. The molecule has 1 unspecified atom stereocenters. The Morgan fingerprint density at radius 2 is 1.79 bits per heavy atom. The molecule has 2 aromatic carbocycles. The molecule has 0 spiro atoms. The van der Waals surface area contributed by atoms with Crippen LogP contribution in [0.5, 0.6) is 11.5 Å². The molecule has 2 heteroatoms. The molecule has 24 heavy (non-hydrogen) atoms. The fourth-order valence-electron chi connectivity index (χ4n) is 2.67. The summed E-state index contributed by atoms with van der Waals surface area (Å²) in [5.74, 6) is 1.76. The standard InChI is InChI=1S/C22H28O2/c1-5-24-22-14-18(12-13-21(22)23)9-6-8-17(4)20-11-7-10-19(15-20)16(2)3/h6-7,9-17,23H,5,8H2,1-4H3/b9-6-. The minimum absolute atomic E-state index is 0.188. The maximum Gasteiger partial charge on any atom is 0.161 e. The highest BCUT2D eigenvalue weighted by molar-refractivity contribution is 5.55. The highest BCUT2D eigenvalue weighted by Gasteiger charge is 2.06. The lowest BCUT2D eigenvalue weighted by Crippen LogP contribution is -1.95. The average Bonchev–Trinajstić information content (AvgIpc) is 2.58. The Bertz CT molecular complexity index is 686. The quantitative estimate of drug-likeness (QED) is 0.664. The molecule has 0 bridgehead atoms. The van der Waals surface area contributed by atoms with Gasteiger partial charge in [0.1, 0.15) is 0 Å². The van der Waals surface area contributed by atoms with Gasteiger partial charge in [0.2, 0.25) is 0 Å². The molecule has 0 amide bonds. The molecule has 2 rings (SSSR count). The van der Waals surface area contributed by atoms with Crippen molar-refractivity contribution in [3.8, 4) is 11.5 Å². The number of aromatic hydroxyl groups is 1. The Balaban J connectivity index is 2.03. The van der Waals surface area contributed by atoms with Crippen molar-refractivity contribution in [1.82, 2.24) is 0 Å². The number of phenols is 1. The van der Waals surface area contributed by atoms with Gasteiger partial charge >= 0.3 is 0 Å². The van der Waals surface area contributed by atoms with E-state index < -0.39 is 0 Å².